The molecule has 8 heteroatoms. The van der Waals surface area contributed by atoms with Crippen molar-refractivity contribution in [2.75, 3.05) is 0 Å². The number of nitrogens with zero attached hydrogens (tertiary/aromatic N) is 5. The van der Waals surface area contributed by atoms with Crippen molar-refractivity contribution < 1.29 is 8.83 Å². The van der Waals surface area contributed by atoms with Crippen molar-refractivity contribution in [2.24, 2.45) is 0 Å². The number of benzene rings is 25. The summed E-state index contributed by atoms with van der Waals surface area (Å²) in [6.07, 6.45) is 0. The van der Waals surface area contributed by atoms with Gasteiger partial charge in [0.05, 0.1) is 44.3 Å². The first kappa shape index (κ1) is 79.6. The number of fused-ring (bicyclic) bond motifs is 40. The predicted octanol–water partition coefficient (Wildman–Crippen LogP) is 37.5. The fourth-order valence-corrected chi connectivity index (χ4v) is 25.2. The number of thiophene rings is 1. The molecule has 0 atom stereocenters. The zero-order valence-corrected chi connectivity index (χ0v) is 77.4. The normalized spacial score (nSPS) is 12.1. The van der Waals surface area contributed by atoms with Crippen molar-refractivity contribution >= 4 is 249 Å². The third-order valence-electron chi connectivity index (χ3n) is 29.9. The Kier molecular flexibility index (Phi) is 17.6. The van der Waals surface area contributed by atoms with E-state index >= 15 is 0 Å². The first-order valence-electron chi connectivity index (χ1n) is 48.6. The Morgan fingerprint density at radius 2 is 0.556 bits per heavy atom. The quantitative estimate of drug-likeness (QED) is 0.149. The summed E-state index contributed by atoms with van der Waals surface area (Å²) in [6.45, 7) is 0. The van der Waals surface area contributed by atoms with Crippen LogP contribution in [-0.4, -0.2) is 23.7 Å². The molecule has 0 N–H and O–H groups in total. The van der Waals surface area contributed by atoms with Crippen LogP contribution in [-0.2, 0) is 0 Å². The van der Waals surface area contributed by atoms with Crippen LogP contribution in [0.3, 0.4) is 0 Å². The summed E-state index contributed by atoms with van der Waals surface area (Å²) in [5.41, 5.74) is 23.3. The standard InChI is InChI=1S/C50H29N3O.C42H25NO.C42H25NS/c1-2-14-30(15-3-1)48-37-21-8-11-23-42(37)51-50(52-48)53-43-24-12-9-22-38(43)47-46-35-19-6-4-16-32(35)39(29-41(46)33-17-5-7-20-36(33)49(47)53)31-26-27-45-40(28-31)34-18-10-13-25-44(34)54-45;2*1-2-13-26(14-3-1)43-37-23-10-8-20-34(37)40-39-30-18-6-4-15-27(30)35(25-36(39)28-16-5-7-19-31(28)41(40)43)33-22-12-21-32-29-17-9-11-24-38(29)44-42(32)33/h1-29H;2*1-25H. The molecule has 0 saturated carbocycles. The minimum atomic E-state index is 0.657. The topological polar surface area (TPSA) is 66.8 Å². The number of furan rings is 2. The molecule has 0 aliphatic carbocycles. The van der Waals surface area contributed by atoms with Gasteiger partial charge in [0, 0.05) is 140 Å². The molecule has 7 aromatic heterocycles. The van der Waals surface area contributed by atoms with E-state index in [1.165, 1.54) is 200 Å². The van der Waals surface area contributed by atoms with Crippen LogP contribution < -0.4 is 0 Å². The maximum absolute atomic E-state index is 6.56. The van der Waals surface area contributed by atoms with E-state index in [4.69, 9.17) is 18.8 Å². The van der Waals surface area contributed by atoms with Gasteiger partial charge in [0.1, 0.15) is 22.3 Å². The Morgan fingerprint density at radius 3 is 1.09 bits per heavy atom. The fraction of sp³-hybridized carbons (Fsp3) is 0. The first-order chi connectivity index (χ1) is 70.5. The van der Waals surface area contributed by atoms with E-state index in [0.29, 0.717) is 5.95 Å². The average molecular weight is 1820 g/mol. The van der Waals surface area contributed by atoms with Gasteiger partial charge in [-0.3, -0.25) is 4.57 Å². The van der Waals surface area contributed by atoms with Crippen LogP contribution in [0.25, 0.3) is 299 Å². The molecule has 0 aliphatic heterocycles. The van der Waals surface area contributed by atoms with Crippen molar-refractivity contribution in [2.45, 2.75) is 0 Å². The summed E-state index contributed by atoms with van der Waals surface area (Å²) in [5, 5.41) is 38.3. The maximum atomic E-state index is 6.56. The van der Waals surface area contributed by atoms with Gasteiger partial charge < -0.3 is 18.0 Å². The summed E-state index contributed by atoms with van der Waals surface area (Å²) in [4.78, 5) is 10.7. The minimum Gasteiger partial charge on any atom is -0.456 e. The number of hydrogen-bond acceptors (Lipinski definition) is 5. The molecular formula is C134H79N5O2S. The lowest BCUT2D eigenvalue weighted by Crippen LogP contribution is -2.03. The van der Waals surface area contributed by atoms with Crippen LogP contribution in [0.15, 0.2) is 488 Å². The van der Waals surface area contributed by atoms with Gasteiger partial charge in [0.25, 0.3) is 0 Å². The van der Waals surface area contributed by atoms with E-state index in [1.807, 2.05) is 35.6 Å². The molecule has 7 heterocycles. The number of aromatic nitrogens is 5. The minimum absolute atomic E-state index is 0.657. The highest BCUT2D eigenvalue weighted by Crippen LogP contribution is 2.54. The fourth-order valence-electron chi connectivity index (χ4n) is 24.0. The largest absolute Gasteiger partial charge is 0.456 e. The Morgan fingerprint density at radius 1 is 0.190 bits per heavy atom. The number of hydrogen-bond donors (Lipinski definition) is 0. The molecule has 0 spiro atoms. The molecule has 0 aliphatic rings. The zero-order chi connectivity index (χ0) is 92.9. The summed E-state index contributed by atoms with van der Waals surface area (Å²) in [6, 6.07) is 173. The van der Waals surface area contributed by atoms with Gasteiger partial charge in [-0.25, -0.2) is 9.97 Å². The second kappa shape index (κ2) is 31.5. The van der Waals surface area contributed by atoms with Crippen LogP contribution in [0.1, 0.15) is 0 Å². The molecule has 0 radical (unpaired) electrons. The SMILES string of the molecule is c1ccc(-c2nc(-n3c4ccccc4c4c5c6ccccc6c(-c6ccc7oc8ccccc8c7c6)cc5c5ccccc5c43)nc3ccccc23)cc1.c1ccc(-n2c3ccccc3c3c4c5ccccc5c(-c5cccc6c5oc5ccccc56)cc4c4ccccc4c32)cc1.c1ccc(-n2c3ccccc3c3c4c5ccccc5c(-c5cccc6c5sc5ccccc56)cc4c4ccccc4c32)cc1. The van der Waals surface area contributed by atoms with Gasteiger partial charge in [0.2, 0.25) is 5.95 Å². The van der Waals surface area contributed by atoms with Gasteiger partial charge in [-0.05, 0) is 184 Å². The summed E-state index contributed by atoms with van der Waals surface area (Å²) in [7, 11) is 0. The lowest BCUT2D eigenvalue weighted by molar-refractivity contribution is 0.669. The van der Waals surface area contributed by atoms with Gasteiger partial charge >= 0.3 is 0 Å². The lowest BCUT2D eigenvalue weighted by atomic mass is 9.88. The Hall–Kier alpha value is -18.6. The highest BCUT2D eigenvalue weighted by atomic mass is 32.1. The second-order valence-corrected chi connectivity index (χ2v) is 38.4. The molecule has 0 fully saturated rings. The molecule has 0 saturated heterocycles. The van der Waals surface area contributed by atoms with Crippen LogP contribution >= 0.6 is 11.3 Å². The molecular weight excluding hydrogens is 1740 g/mol. The summed E-state index contributed by atoms with van der Waals surface area (Å²) in [5.74, 6) is 0.657. The summed E-state index contributed by atoms with van der Waals surface area (Å²) >= 11 is 1.90. The van der Waals surface area contributed by atoms with Crippen LogP contribution in [0.2, 0.25) is 0 Å². The molecule has 32 rings (SSSR count). The molecule has 7 nitrogen and oxygen atoms in total. The third kappa shape index (κ3) is 11.8. The van der Waals surface area contributed by atoms with E-state index in [1.54, 1.807) is 0 Å². The Balaban J connectivity index is 0.000000100. The van der Waals surface area contributed by atoms with Crippen LogP contribution in [0.5, 0.6) is 0 Å². The molecule has 658 valence electrons. The molecule has 25 aromatic carbocycles. The monoisotopic (exact) mass is 1820 g/mol. The summed E-state index contributed by atoms with van der Waals surface area (Å²) < 4.78 is 22.7. The van der Waals surface area contributed by atoms with Gasteiger partial charge in [-0.1, -0.05) is 382 Å². The number of rotatable bonds is 7. The zero-order valence-electron chi connectivity index (χ0n) is 76.6. The van der Waals surface area contributed by atoms with Crippen LogP contribution in [0, 0.1) is 0 Å². The smallest absolute Gasteiger partial charge is 0.235 e. The van der Waals surface area contributed by atoms with Gasteiger partial charge in [-0.2, -0.15) is 0 Å². The molecule has 0 unspecified atom stereocenters. The van der Waals surface area contributed by atoms with Gasteiger partial charge in [-0.15, -0.1) is 11.3 Å². The van der Waals surface area contributed by atoms with Crippen molar-refractivity contribution in [3.63, 3.8) is 0 Å². The van der Waals surface area contributed by atoms with E-state index in [0.717, 1.165) is 93.6 Å². The highest BCUT2D eigenvalue weighted by molar-refractivity contribution is 7.26. The van der Waals surface area contributed by atoms with Crippen LogP contribution in [0.4, 0.5) is 0 Å². The maximum Gasteiger partial charge on any atom is 0.235 e. The second-order valence-electron chi connectivity index (χ2n) is 37.3. The lowest BCUT2D eigenvalue weighted by Gasteiger charge is -2.16. The van der Waals surface area contributed by atoms with Crippen molar-refractivity contribution in [1.29, 1.82) is 0 Å². The third-order valence-corrected chi connectivity index (χ3v) is 31.1. The Labute approximate surface area is 816 Å². The van der Waals surface area contributed by atoms with Crippen molar-refractivity contribution in [1.82, 2.24) is 23.7 Å². The first-order valence-corrected chi connectivity index (χ1v) is 49.4. The molecule has 32 aromatic rings. The van der Waals surface area contributed by atoms with E-state index in [2.05, 4.69) is 469 Å². The molecule has 0 amide bonds. The van der Waals surface area contributed by atoms with E-state index in [9.17, 15) is 0 Å². The van der Waals surface area contributed by atoms with Crippen molar-refractivity contribution in [3.05, 3.63) is 479 Å². The molecule has 142 heavy (non-hydrogen) atoms. The Bertz CT molecular complexity index is 10600. The predicted molar refractivity (Wildman–Crippen MR) is 602 cm³/mol. The van der Waals surface area contributed by atoms with E-state index in [-0.39, 0.29) is 0 Å². The number of para-hydroxylation sites is 9. The highest BCUT2D eigenvalue weighted by Gasteiger charge is 2.30. The average Bonchev–Trinajstić information content (AvgIpc) is 1.52. The molecule has 0 bridgehead atoms. The van der Waals surface area contributed by atoms with Crippen molar-refractivity contribution in [3.8, 4) is 62.0 Å². The van der Waals surface area contributed by atoms with E-state index < -0.39 is 0 Å². The van der Waals surface area contributed by atoms with Gasteiger partial charge in [0.15, 0.2) is 0 Å².